The molecule has 1 N–H and O–H groups in total. The van der Waals surface area contributed by atoms with E-state index in [0.29, 0.717) is 17.2 Å². The predicted molar refractivity (Wildman–Crippen MR) is 88.2 cm³/mol. The molecule has 7 heteroatoms. The molecule has 1 saturated heterocycles. The summed E-state index contributed by atoms with van der Waals surface area (Å²) in [6, 6.07) is 3.67. The maximum absolute atomic E-state index is 12.1. The van der Waals surface area contributed by atoms with Crippen LogP contribution in [0.5, 0.6) is 0 Å². The Hall–Kier alpha value is -2.28. The summed E-state index contributed by atoms with van der Waals surface area (Å²) < 4.78 is 0. The number of hydrogen-bond acceptors (Lipinski definition) is 5. The van der Waals surface area contributed by atoms with Gasteiger partial charge in [-0.1, -0.05) is 6.07 Å². The molecule has 3 heterocycles. The van der Waals surface area contributed by atoms with E-state index < -0.39 is 0 Å². The summed E-state index contributed by atoms with van der Waals surface area (Å²) >= 11 is 1.41. The van der Waals surface area contributed by atoms with E-state index in [1.54, 1.807) is 17.3 Å². The highest BCUT2D eigenvalue weighted by Gasteiger charge is 2.24. The van der Waals surface area contributed by atoms with Crippen molar-refractivity contribution in [2.45, 2.75) is 32.2 Å². The Morgan fingerprint density at radius 3 is 3.09 bits per heavy atom. The maximum Gasteiger partial charge on any atom is 0.228 e. The van der Waals surface area contributed by atoms with E-state index in [-0.39, 0.29) is 24.3 Å². The highest BCUT2D eigenvalue weighted by atomic mass is 32.1. The second-order valence-electron chi connectivity index (χ2n) is 5.52. The zero-order chi connectivity index (χ0) is 16.2. The molecule has 0 saturated carbocycles. The van der Waals surface area contributed by atoms with Gasteiger partial charge in [-0.15, -0.1) is 11.3 Å². The average molecular weight is 330 g/mol. The van der Waals surface area contributed by atoms with Crippen molar-refractivity contribution in [2.75, 3.05) is 11.4 Å². The van der Waals surface area contributed by atoms with Gasteiger partial charge in [-0.3, -0.25) is 19.5 Å². The van der Waals surface area contributed by atoms with Gasteiger partial charge < -0.3 is 5.32 Å². The summed E-state index contributed by atoms with van der Waals surface area (Å²) in [5, 5.41) is 5.47. The molecule has 3 rings (SSSR count). The van der Waals surface area contributed by atoms with Crippen LogP contribution in [0.25, 0.3) is 0 Å². The van der Waals surface area contributed by atoms with Crippen LogP contribution < -0.4 is 10.2 Å². The number of hydrogen-bond donors (Lipinski definition) is 1. The Kier molecular flexibility index (Phi) is 4.66. The first-order valence-electron chi connectivity index (χ1n) is 7.57. The highest BCUT2D eigenvalue weighted by molar-refractivity contribution is 7.14. The maximum atomic E-state index is 12.1. The first-order valence-corrected chi connectivity index (χ1v) is 8.45. The number of aromatic nitrogens is 2. The average Bonchev–Trinajstić information content (AvgIpc) is 3.16. The van der Waals surface area contributed by atoms with Crippen molar-refractivity contribution in [3.8, 4) is 0 Å². The second-order valence-corrected chi connectivity index (χ2v) is 6.36. The molecule has 6 nitrogen and oxygen atoms in total. The van der Waals surface area contributed by atoms with Crippen molar-refractivity contribution in [1.29, 1.82) is 0 Å². The monoisotopic (exact) mass is 330 g/mol. The third kappa shape index (κ3) is 3.73. The van der Waals surface area contributed by atoms with Crippen molar-refractivity contribution < 1.29 is 9.59 Å². The molecule has 0 spiro atoms. The van der Waals surface area contributed by atoms with Crippen molar-refractivity contribution in [1.82, 2.24) is 15.3 Å². The minimum Gasteiger partial charge on any atom is -0.349 e. The van der Waals surface area contributed by atoms with E-state index in [9.17, 15) is 9.59 Å². The van der Waals surface area contributed by atoms with E-state index in [2.05, 4.69) is 15.3 Å². The SMILES string of the molecule is CC(NC(=O)Cc1csc(N2CCCC2=O)n1)c1cccnc1. The summed E-state index contributed by atoms with van der Waals surface area (Å²) in [6.45, 7) is 2.64. The predicted octanol–water partition coefficient (Wildman–Crippen LogP) is 2.08. The van der Waals surface area contributed by atoms with Crippen molar-refractivity contribution in [3.05, 3.63) is 41.2 Å². The number of carbonyl (C=O) groups is 2. The molecule has 2 aromatic heterocycles. The van der Waals surface area contributed by atoms with Crippen LogP contribution in [0.2, 0.25) is 0 Å². The first-order chi connectivity index (χ1) is 11.1. The zero-order valence-electron chi connectivity index (χ0n) is 12.9. The molecule has 2 aromatic rings. The van der Waals surface area contributed by atoms with E-state index >= 15 is 0 Å². The summed E-state index contributed by atoms with van der Waals surface area (Å²) in [5.74, 6) is 0.0199. The molecule has 0 aromatic carbocycles. The number of amides is 2. The van der Waals surface area contributed by atoms with Gasteiger partial charge in [0, 0.05) is 30.7 Å². The van der Waals surface area contributed by atoms with E-state index in [0.717, 1.165) is 18.5 Å². The van der Waals surface area contributed by atoms with Crippen molar-refractivity contribution in [2.24, 2.45) is 0 Å². The highest BCUT2D eigenvalue weighted by Crippen LogP contribution is 2.25. The van der Waals surface area contributed by atoms with Crippen LogP contribution in [0.4, 0.5) is 5.13 Å². The normalized spacial score (nSPS) is 15.7. The lowest BCUT2D eigenvalue weighted by Gasteiger charge is -2.13. The van der Waals surface area contributed by atoms with Crippen LogP contribution in [-0.4, -0.2) is 28.3 Å². The molecule has 0 aliphatic carbocycles. The van der Waals surface area contributed by atoms with Gasteiger partial charge in [0.1, 0.15) is 0 Å². The van der Waals surface area contributed by atoms with Gasteiger partial charge in [0.2, 0.25) is 11.8 Å². The minimum atomic E-state index is -0.102. The van der Waals surface area contributed by atoms with Crippen LogP contribution in [0.15, 0.2) is 29.9 Å². The minimum absolute atomic E-state index is 0.0917. The smallest absolute Gasteiger partial charge is 0.228 e. The number of nitrogens with one attached hydrogen (secondary N) is 1. The van der Waals surface area contributed by atoms with Crippen molar-refractivity contribution in [3.63, 3.8) is 0 Å². The zero-order valence-corrected chi connectivity index (χ0v) is 13.7. The van der Waals surface area contributed by atoms with Crippen LogP contribution in [-0.2, 0) is 16.0 Å². The number of nitrogens with zero attached hydrogens (tertiary/aromatic N) is 3. The Morgan fingerprint density at radius 2 is 2.39 bits per heavy atom. The summed E-state index contributed by atoms with van der Waals surface area (Å²) in [5.41, 5.74) is 1.66. The van der Waals surface area contributed by atoms with Gasteiger partial charge in [-0.25, -0.2) is 4.98 Å². The molecule has 0 bridgehead atoms. The van der Waals surface area contributed by atoms with E-state index in [1.165, 1.54) is 11.3 Å². The first kappa shape index (κ1) is 15.6. The molecule has 120 valence electrons. The lowest BCUT2D eigenvalue weighted by atomic mass is 10.1. The summed E-state index contributed by atoms with van der Waals surface area (Å²) in [7, 11) is 0. The second kappa shape index (κ2) is 6.87. The fourth-order valence-electron chi connectivity index (χ4n) is 2.52. The third-order valence-corrected chi connectivity index (χ3v) is 4.66. The lowest BCUT2D eigenvalue weighted by Crippen LogP contribution is -2.28. The van der Waals surface area contributed by atoms with Crippen LogP contribution in [0.3, 0.4) is 0 Å². The Bertz CT molecular complexity index is 701. The molecule has 1 atom stereocenters. The largest absolute Gasteiger partial charge is 0.349 e. The number of pyridine rings is 1. The Morgan fingerprint density at radius 1 is 1.52 bits per heavy atom. The molecular formula is C16H18N4O2S. The van der Waals surface area contributed by atoms with E-state index in [4.69, 9.17) is 0 Å². The third-order valence-electron chi connectivity index (χ3n) is 3.75. The molecule has 0 radical (unpaired) electrons. The summed E-state index contributed by atoms with van der Waals surface area (Å²) in [6.07, 6.45) is 5.11. The van der Waals surface area contributed by atoms with Gasteiger partial charge in [-0.2, -0.15) is 0 Å². The molecule has 1 fully saturated rings. The molecule has 1 aliphatic rings. The number of anilines is 1. The van der Waals surface area contributed by atoms with Gasteiger partial charge in [0.25, 0.3) is 0 Å². The molecule has 1 aliphatic heterocycles. The molecular weight excluding hydrogens is 312 g/mol. The molecule has 23 heavy (non-hydrogen) atoms. The number of rotatable bonds is 5. The molecule has 1 unspecified atom stereocenters. The standard InChI is InChI=1S/C16H18N4O2S/c1-11(12-4-2-6-17-9-12)18-14(21)8-13-10-23-16(19-13)20-7-3-5-15(20)22/h2,4,6,9-11H,3,5,7-8H2,1H3,(H,18,21). The van der Waals surface area contributed by atoms with Gasteiger partial charge in [0.15, 0.2) is 5.13 Å². The number of thiazole rings is 1. The quantitative estimate of drug-likeness (QED) is 0.911. The Labute approximate surface area is 138 Å². The van der Waals surface area contributed by atoms with Crippen LogP contribution in [0.1, 0.15) is 37.1 Å². The number of carbonyl (C=O) groups excluding carboxylic acids is 2. The Balaban J connectivity index is 1.58. The van der Waals surface area contributed by atoms with E-state index in [1.807, 2.05) is 24.4 Å². The van der Waals surface area contributed by atoms with Gasteiger partial charge in [0.05, 0.1) is 18.2 Å². The van der Waals surface area contributed by atoms with Gasteiger partial charge in [-0.05, 0) is 25.0 Å². The van der Waals surface area contributed by atoms with Crippen LogP contribution in [0, 0.1) is 0 Å². The van der Waals surface area contributed by atoms with Crippen molar-refractivity contribution >= 4 is 28.3 Å². The topological polar surface area (TPSA) is 75.2 Å². The lowest BCUT2D eigenvalue weighted by molar-refractivity contribution is -0.121. The fourth-order valence-corrected chi connectivity index (χ4v) is 3.39. The van der Waals surface area contributed by atoms with Crippen LogP contribution >= 0.6 is 11.3 Å². The summed E-state index contributed by atoms with van der Waals surface area (Å²) in [4.78, 5) is 34.0. The molecule has 2 amide bonds. The fraction of sp³-hybridized carbons (Fsp3) is 0.375. The van der Waals surface area contributed by atoms with Gasteiger partial charge >= 0.3 is 0 Å².